The van der Waals surface area contributed by atoms with Gasteiger partial charge in [-0.1, -0.05) is 66.2 Å². The molecule has 1 fully saturated rings. The molecule has 32 heavy (non-hydrogen) atoms. The molecule has 1 saturated carbocycles. The molecule has 1 aliphatic rings. The van der Waals surface area contributed by atoms with Crippen LogP contribution in [0.15, 0.2) is 42.5 Å². The van der Waals surface area contributed by atoms with Crippen LogP contribution in [0.4, 0.5) is 0 Å². The molecule has 0 aliphatic heterocycles. The molecule has 0 radical (unpaired) electrons. The van der Waals surface area contributed by atoms with Crippen molar-refractivity contribution in [3.05, 3.63) is 63.1 Å². The zero-order chi connectivity index (χ0) is 22.2. The van der Waals surface area contributed by atoms with Crippen molar-refractivity contribution < 1.29 is 0 Å². The molecule has 9 heteroatoms. The van der Waals surface area contributed by atoms with Gasteiger partial charge in [0.2, 0.25) is 5.82 Å². The molecule has 0 unspecified atom stereocenters. The van der Waals surface area contributed by atoms with E-state index in [0.29, 0.717) is 20.9 Å². The second-order valence-corrected chi connectivity index (χ2v) is 9.36. The van der Waals surface area contributed by atoms with Gasteiger partial charge in [0.1, 0.15) is 5.69 Å². The highest BCUT2D eigenvalue weighted by molar-refractivity contribution is 6.35. The van der Waals surface area contributed by atoms with Crippen molar-refractivity contribution in [1.29, 1.82) is 0 Å². The third kappa shape index (κ3) is 3.91. The maximum absolute atomic E-state index is 6.58. The van der Waals surface area contributed by atoms with Crippen molar-refractivity contribution >= 4 is 34.8 Å². The second kappa shape index (κ2) is 8.85. The van der Waals surface area contributed by atoms with E-state index in [9.17, 15) is 0 Å². The normalized spacial score (nSPS) is 14.8. The summed E-state index contributed by atoms with van der Waals surface area (Å²) in [5.74, 6) is 0.674. The quantitative estimate of drug-likeness (QED) is 0.312. The number of hydrogen-bond acceptors (Lipinski definition) is 4. The van der Waals surface area contributed by atoms with Gasteiger partial charge < -0.3 is 0 Å². The van der Waals surface area contributed by atoms with Crippen LogP contribution in [0.1, 0.15) is 43.7 Å². The van der Waals surface area contributed by atoms with Gasteiger partial charge in [-0.25, -0.2) is 9.36 Å². The average Bonchev–Trinajstić information content (AvgIpc) is 3.40. The van der Waals surface area contributed by atoms with Crippen LogP contribution in [0, 0.1) is 6.92 Å². The molecule has 0 amide bonds. The molecule has 0 bridgehead atoms. The Hall–Kier alpha value is -2.41. The van der Waals surface area contributed by atoms with E-state index in [-0.39, 0.29) is 6.04 Å². The van der Waals surface area contributed by atoms with Crippen LogP contribution in [0.3, 0.4) is 0 Å². The standard InChI is InChI=1S/C23H21Cl3N6/c1-14-21(23-27-29-30-31(23)18-5-3-2-4-6-18)28-32(20-12-11-17(25)13-19(20)26)22(14)15-7-9-16(24)10-8-15/h7-13,18H,2-6H2,1H3. The Labute approximate surface area is 201 Å². The first-order chi connectivity index (χ1) is 15.5. The molecule has 164 valence electrons. The lowest BCUT2D eigenvalue weighted by molar-refractivity contribution is 0.326. The van der Waals surface area contributed by atoms with Crippen LogP contribution in [-0.2, 0) is 0 Å². The largest absolute Gasteiger partial charge is 0.231 e. The van der Waals surface area contributed by atoms with Crippen LogP contribution in [0.5, 0.6) is 0 Å². The molecule has 0 saturated heterocycles. The van der Waals surface area contributed by atoms with E-state index in [4.69, 9.17) is 39.9 Å². The molecule has 6 nitrogen and oxygen atoms in total. The van der Waals surface area contributed by atoms with E-state index in [1.807, 2.05) is 46.6 Å². The summed E-state index contributed by atoms with van der Waals surface area (Å²) >= 11 is 18.9. The molecule has 5 rings (SSSR count). The fraction of sp³-hybridized carbons (Fsp3) is 0.304. The van der Waals surface area contributed by atoms with E-state index in [2.05, 4.69) is 15.5 Å². The summed E-state index contributed by atoms with van der Waals surface area (Å²) in [6.45, 7) is 2.03. The molecule has 0 atom stereocenters. The van der Waals surface area contributed by atoms with Gasteiger partial charge in [0.25, 0.3) is 0 Å². The van der Waals surface area contributed by atoms with E-state index in [1.165, 1.54) is 19.3 Å². The summed E-state index contributed by atoms with van der Waals surface area (Å²) in [5.41, 5.74) is 4.29. The Morgan fingerprint density at radius 2 is 1.62 bits per heavy atom. The molecular formula is C23H21Cl3N6. The lowest BCUT2D eigenvalue weighted by Gasteiger charge is -2.21. The highest BCUT2D eigenvalue weighted by Gasteiger charge is 2.27. The lowest BCUT2D eigenvalue weighted by atomic mass is 9.95. The first-order valence-corrected chi connectivity index (χ1v) is 11.8. The van der Waals surface area contributed by atoms with E-state index < -0.39 is 0 Å². The molecule has 0 N–H and O–H groups in total. The average molecular weight is 488 g/mol. The minimum Gasteiger partial charge on any atom is -0.231 e. The van der Waals surface area contributed by atoms with Gasteiger partial charge in [-0.3, -0.25) is 0 Å². The highest BCUT2D eigenvalue weighted by Crippen LogP contribution is 2.37. The van der Waals surface area contributed by atoms with Gasteiger partial charge >= 0.3 is 0 Å². The van der Waals surface area contributed by atoms with Crippen molar-refractivity contribution in [3.8, 4) is 28.5 Å². The Bertz CT molecular complexity index is 1260. The monoisotopic (exact) mass is 486 g/mol. The predicted molar refractivity (Wildman–Crippen MR) is 128 cm³/mol. The molecule has 2 aromatic heterocycles. The maximum Gasteiger partial charge on any atom is 0.203 e. The third-order valence-corrected chi connectivity index (χ3v) is 6.79. The highest BCUT2D eigenvalue weighted by atomic mass is 35.5. The number of benzene rings is 2. The first kappa shape index (κ1) is 21.4. The van der Waals surface area contributed by atoms with Crippen molar-refractivity contribution in [1.82, 2.24) is 30.0 Å². The number of rotatable bonds is 4. The molecule has 0 spiro atoms. The Kier molecular flexibility index (Phi) is 5.93. The van der Waals surface area contributed by atoms with Gasteiger partial charge in [0.05, 0.1) is 22.4 Å². The van der Waals surface area contributed by atoms with Crippen LogP contribution in [0.2, 0.25) is 15.1 Å². The second-order valence-electron chi connectivity index (χ2n) is 8.08. The van der Waals surface area contributed by atoms with Crippen LogP contribution < -0.4 is 0 Å². The summed E-state index contributed by atoms with van der Waals surface area (Å²) in [4.78, 5) is 0. The van der Waals surface area contributed by atoms with Gasteiger partial charge in [-0.15, -0.1) is 5.10 Å². The number of aromatic nitrogens is 6. The topological polar surface area (TPSA) is 61.4 Å². The Balaban J connectivity index is 1.71. The number of nitrogens with zero attached hydrogens (tertiary/aromatic N) is 6. The van der Waals surface area contributed by atoms with Gasteiger partial charge in [0.15, 0.2) is 0 Å². The number of hydrogen-bond donors (Lipinski definition) is 0. The molecule has 2 aromatic carbocycles. The van der Waals surface area contributed by atoms with Gasteiger partial charge in [-0.2, -0.15) is 5.10 Å². The molecule has 4 aromatic rings. The summed E-state index contributed by atoms with van der Waals surface area (Å²) in [7, 11) is 0. The van der Waals surface area contributed by atoms with E-state index >= 15 is 0 Å². The fourth-order valence-electron chi connectivity index (χ4n) is 4.40. The van der Waals surface area contributed by atoms with E-state index in [1.54, 1.807) is 12.1 Å². The van der Waals surface area contributed by atoms with Crippen molar-refractivity contribution in [2.24, 2.45) is 0 Å². The van der Waals surface area contributed by atoms with Crippen LogP contribution in [0.25, 0.3) is 28.5 Å². The van der Waals surface area contributed by atoms with Crippen molar-refractivity contribution in [3.63, 3.8) is 0 Å². The summed E-state index contributed by atoms with van der Waals surface area (Å²) < 4.78 is 3.78. The van der Waals surface area contributed by atoms with Crippen molar-refractivity contribution in [2.75, 3.05) is 0 Å². The molecule has 1 aliphatic carbocycles. The van der Waals surface area contributed by atoms with Crippen LogP contribution in [-0.4, -0.2) is 30.0 Å². The van der Waals surface area contributed by atoms with Crippen LogP contribution >= 0.6 is 34.8 Å². The summed E-state index contributed by atoms with van der Waals surface area (Å²) in [6, 6.07) is 13.3. The zero-order valence-corrected chi connectivity index (χ0v) is 19.7. The van der Waals surface area contributed by atoms with Gasteiger partial charge in [-0.05, 0) is 60.5 Å². The third-order valence-electron chi connectivity index (χ3n) is 6.00. The Morgan fingerprint density at radius 3 is 2.34 bits per heavy atom. The smallest absolute Gasteiger partial charge is 0.203 e. The Morgan fingerprint density at radius 1 is 0.906 bits per heavy atom. The molecular weight excluding hydrogens is 467 g/mol. The first-order valence-electron chi connectivity index (χ1n) is 10.6. The number of halogens is 3. The minimum atomic E-state index is 0.288. The minimum absolute atomic E-state index is 0.288. The fourth-order valence-corrected chi connectivity index (χ4v) is 5.02. The van der Waals surface area contributed by atoms with Crippen molar-refractivity contribution in [2.45, 2.75) is 45.1 Å². The lowest BCUT2D eigenvalue weighted by Crippen LogP contribution is -2.15. The summed E-state index contributed by atoms with van der Waals surface area (Å²) in [6.07, 6.45) is 5.79. The van der Waals surface area contributed by atoms with Gasteiger partial charge in [0, 0.05) is 21.2 Å². The summed E-state index contributed by atoms with van der Waals surface area (Å²) in [5, 5.41) is 19.4. The number of tetrazole rings is 1. The molecule has 2 heterocycles. The maximum atomic E-state index is 6.58. The predicted octanol–water partition coefficient (Wildman–Crippen LogP) is 6.97. The zero-order valence-electron chi connectivity index (χ0n) is 17.5. The van der Waals surface area contributed by atoms with E-state index in [0.717, 1.165) is 41.0 Å². The SMILES string of the molecule is Cc1c(-c2nnnn2C2CCCCC2)nn(-c2ccc(Cl)cc2Cl)c1-c1ccc(Cl)cc1.